The molecule has 17 heavy (non-hydrogen) atoms. The van der Waals surface area contributed by atoms with Crippen LogP contribution in [0, 0.1) is 11.3 Å². The Hall–Kier alpha value is -1.54. The van der Waals surface area contributed by atoms with Crippen molar-refractivity contribution in [1.82, 2.24) is 4.90 Å². The highest BCUT2D eigenvalue weighted by atomic mass is 79.9. The topological polar surface area (TPSA) is 64.3 Å². The van der Waals surface area contributed by atoms with E-state index in [-0.39, 0.29) is 23.3 Å². The molecule has 2 rings (SSSR count). The number of aromatic hydroxyl groups is 1. The maximum absolute atomic E-state index is 12.2. The summed E-state index contributed by atoms with van der Waals surface area (Å²) in [6, 6.07) is 6.44. The van der Waals surface area contributed by atoms with Gasteiger partial charge in [-0.05, 0) is 31.0 Å². The first-order chi connectivity index (χ1) is 8.13. The van der Waals surface area contributed by atoms with Crippen LogP contribution in [0.5, 0.6) is 5.75 Å². The summed E-state index contributed by atoms with van der Waals surface area (Å²) in [5.41, 5.74) is 0.238. The third kappa shape index (κ3) is 2.27. The summed E-state index contributed by atoms with van der Waals surface area (Å²) in [7, 11) is 0. The fraction of sp³-hybridized carbons (Fsp3) is 0.333. The highest BCUT2D eigenvalue weighted by Gasteiger charge is 2.30. The van der Waals surface area contributed by atoms with Crippen LogP contribution in [0.3, 0.4) is 0 Å². The van der Waals surface area contributed by atoms with E-state index in [1.165, 1.54) is 11.0 Å². The van der Waals surface area contributed by atoms with Gasteiger partial charge in [0.25, 0.3) is 5.91 Å². The highest BCUT2D eigenvalue weighted by Crippen LogP contribution is 2.26. The van der Waals surface area contributed by atoms with Crippen molar-refractivity contribution < 1.29 is 9.90 Å². The van der Waals surface area contributed by atoms with Gasteiger partial charge in [-0.2, -0.15) is 5.26 Å². The first kappa shape index (κ1) is 11.9. The molecule has 1 aromatic carbocycles. The number of carbonyl (C=O) groups excluding carboxylic acids is 1. The molecule has 1 saturated heterocycles. The average molecular weight is 295 g/mol. The van der Waals surface area contributed by atoms with Gasteiger partial charge in [0.15, 0.2) is 0 Å². The molecule has 1 N–H and O–H groups in total. The third-order valence-corrected chi connectivity index (χ3v) is 3.34. The van der Waals surface area contributed by atoms with Crippen LogP contribution in [-0.4, -0.2) is 28.5 Å². The Balaban J connectivity index is 2.31. The summed E-state index contributed by atoms with van der Waals surface area (Å²) in [5.74, 6) is -0.338. The minimum Gasteiger partial charge on any atom is -0.507 e. The van der Waals surface area contributed by atoms with E-state index in [0.717, 1.165) is 10.9 Å². The summed E-state index contributed by atoms with van der Waals surface area (Å²) < 4.78 is 0.728. The zero-order valence-corrected chi connectivity index (χ0v) is 10.6. The van der Waals surface area contributed by atoms with Gasteiger partial charge in [-0.25, -0.2) is 0 Å². The quantitative estimate of drug-likeness (QED) is 0.864. The normalized spacial score (nSPS) is 19.1. The largest absolute Gasteiger partial charge is 0.507 e. The molecule has 4 nitrogen and oxygen atoms in total. The highest BCUT2D eigenvalue weighted by molar-refractivity contribution is 9.10. The van der Waals surface area contributed by atoms with Crippen molar-refractivity contribution >= 4 is 21.8 Å². The van der Waals surface area contributed by atoms with Gasteiger partial charge in [0.2, 0.25) is 0 Å². The van der Waals surface area contributed by atoms with Crippen LogP contribution in [0.4, 0.5) is 0 Å². The van der Waals surface area contributed by atoms with Crippen LogP contribution in [-0.2, 0) is 0 Å². The van der Waals surface area contributed by atoms with E-state index in [1.54, 1.807) is 12.1 Å². The van der Waals surface area contributed by atoms with Gasteiger partial charge in [-0.3, -0.25) is 4.79 Å². The molecule has 1 aliphatic heterocycles. The molecule has 1 heterocycles. The average Bonchev–Trinajstić information content (AvgIpc) is 2.79. The number of hydrogen-bond acceptors (Lipinski definition) is 3. The van der Waals surface area contributed by atoms with Crippen molar-refractivity contribution in [3.8, 4) is 11.8 Å². The Bertz CT molecular complexity index is 496. The maximum atomic E-state index is 12.2. The molecule has 5 heteroatoms. The number of carbonyl (C=O) groups is 1. The summed E-state index contributed by atoms with van der Waals surface area (Å²) in [4.78, 5) is 13.7. The molecule has 0 spiro atoms. The SMILES string of the molecule is N#CC1CCCN1C(=O)c1cc(Br)ccc1O. The first-order valence-electron chi connectivity index (χ1n) is 5.32. The number of amides is 1. The molecule has 0 radical (unpaired) electrons. The summed E-state index contributed by atoms with van der Waals surface area (Å²) >= 11 is 3.26. The van der Waals surface area contributed by atoms with Crippen LogP contribution in [0.1, 0.15) is 23.2 Å². The number of halogens is 1. The van der Waals surface area contributed by atoms with Gasteiger partial charge in [0.05, 0.1) is 11.6 Å². The van der Waals surface area contributed by atoms with Crippen LogP contribution in [0.15, 0.2) is 22.7 Å². The fourth-order valence-corrected chi connectivity index (χ4v) is 2.34. The number of nitrogens with zero attached hydrogens (tertiary/aromatic N) is 2. The van der Waals surface area contributed by atoms with Gasteiger partial charge >= 0.3 is 0 Å². The lowest BCUT2D eigenvalue weighted by Gasteiger charge is -2.20. The molecule has 1 atom stereocenters. The molecular formula is C12H11BrN2O2. The maximum Gasteiger partial charge on any atom is 0.258 e. The number of likely N-dealkylation sites (tertiary alicyclic amines) is 1. The fourth-order valence-electron chi connectivity index (χ4n) is 1.98. The van der Waals surface area contributed by atoms with E-state index < -0.39 is 0 Å². The first-order valence-corrected chi connectivity index (χ1v) is 6.12. The third-order valence-electron chi connectivity index (χ3n) is 2.85. The molecule has 0 bridgehead atoms. The molecule has 1 unspecified atom stereocenters. The lowest BCUT2D eigenvalue weighted by Crippen LogP contribution is -2.34. The van der Waals surface area contributed by atoms with E-state index in [0.29, 0.717) is 13.0 Å². The van der Waals surface area contributed by atoms with Crippen molar-refractivity contribution in [2.45, 2.75) is 18.9 Å². The second-order valence-corrected chi connectivity index (χ2v) is 4.86. The molecule has 1 amide bonds. The van der Waals surface area contributed by atoms with E-state index >= 15 is 0 Å². The Kier molecular flexibility index (Phi) is 3.34. The predicted octanol–water partition coefficient (Wildman–Crippen LogP) is 2.28. The van der Waals surface area contributed by atoms with Crippen LogP contribution in [0.2, 0.25) is 0 Å². The molecular weight excluding hydrogens is 284 g/mol. The molecule has 0 saturated carbocycles. The molecule has 88 valence electrons. The summed E-state index contributed by atoms with van der Waals surface area (Å²) in [5, 5.41) is 18.6. The zero-order chi connectivity index (χ0) is 12.4. The number of phenolic OH excluding ortho intramolecular Hbond substituents is 1. The number of nitriles is 1. The minimum atomic E-state index is -0.374. The second kappa shape index (κ2) is 4.76. The predicted molar refractivity (Wildman–Crippen MR) is 65.5 cm³/mol. The van der Waals surface area contributed by atoms with Gasteiger partial charge in [-0.15, -0.1) is 0 Å². The second-order valence-electron chi connectivity index (χ2n) is 3.95. The van der Waals surface area contributed by atoms with Gasteiger partial charge < -0.3 is 10.0 Å². The zero-order valence-electron chi connectivity index (χ0n) is 9.06. The molecule has 1 aliphatic rings. The number of rotatable bonds is 1. The standard InChI is InChI=1S/C12H11BrN2O2/c13-8-3-4-11(16)10(6-8)12(17)15-5-1-2-9(15)7-14/h3-4,6,9,16H,1-2,5H2. The van der Waals surface area contributed by atoms with E-state index in [4.69, 9.17) is 5.26 Å². The lowest BCUT2D eigenvalue weighted by molar-refractivity contribution is 0.0762. The number of phenols is 1. The van der Waals surface area contributed by atoms with Gasteiger partial charge in [-0.1, -0.05) is 15.9 Å². The van der Waals surface area contributed by atoms with Crippen LogP contribution in [0.25, 0.3) is 0 Å². The van der Waals surface area contributed by atoms with E-state index in [9.17, 15) is 9.90 Å². The summed E-state index contributed by atoms with van der Waals surface area (Å²) in [6.45, 7) is 0.572. The number of benzene rings is 1. The van der Waals surface area contributed by atoms with Crippen molar-refractivity contribution in [2.24, 2.45) is 0 Å². The summed E-state index contributed by atoms with van der Waals surface area (Å²) in [6.07, 6.45) is 1.54. The van der Waals surface area contributed by atoms with Crippen LogP contribution >= 0.6 is 15.9 Å². The number of hydrogen-bond donors (Lipinski definition) is 1. The molecule has 0 aliphatic carbocycles. The smallest absolute Gasteiger partial charge is 0.258 e. The Morgan fingerprint density at radius 3 is 3.06 bits per heavy atom. The van der Waals surface area contributed by atoms with Crippen molar-refractivity contribution in [1.29, 1.82) is 5.26 Å². The van der Waals surface area contributed by atoms with E-state index in [2.05, 4.69) is 22.0 Å². The Labute approximate surface area is 108 Å². The van der Waals surface area contributed by atoms with Crippen molar-refractivity contribution in [3.63, 3.8) is 0 Å². The molecule has 0 aromatic heterocycles. The molecule has 1 aromatic rings. The monoisotopic (exact) mass is 294 g/mol. The van der Waals surface area contributed by atoms with Gasteiger partial charge in [0.1, 0.15) is 11.8 Å². The lowest BCUT2D eigenvalue weighted by atomic mass is 10.1. The Morgan fingerprint density at radius 2 is 2.35 bits per heavy atom. The minimum absolute atomic E-state index is 0.0539. The van der Waals surface area contributed by atoms with Crippen molar-refractivity contribution in [3.05, 3.63) is 28.2 Å². The van der Waals surface area contributed by atoms with Gasteiger partial charge in [0, 0.05) is 11.0 Å². The Morgan fingerprint density at radius 1 is 1.59 bits per heavy atom. The van der Waals surface area contributed by atoms with E-state index in [1.807, 2.05) is 0 Å². The molecule has 1 fully saturated rings. The van der Waals surface area contributed by atoms with Crippen molar-refractivity contribution in [2.75, 3.05) is 6.54 Å². The van der Waals surface area contributed by atoms with Crippen LogP contribution < -0.4 is 0 Å².